The van der Waals surface area contributed by atoms with Crippen molar-refractivity contribution in [1.29, 1.82) is 0 Å². The second-order valence-corrected chi connectivity index (χ2v) is 6.03. The van der Waals surface area contributed by atoms with Gasteiger partial charge in [0, 0.05) is 24.5 Å². The minimum atomic E-state index is 0.120. The number of nitrogen functional groups attached to an aromatic ring is 1. The molecule has 0 aliphatic carbocycles. The normalized spacial score (nSPS) is 10.8. The summed E-state index contributed by atoms with van der Waals surface area (Å²) in [4.78, 5) is 14.1. The van der Waals surface area contributed by atoms with Crippen LogP contribution in [0.3, 0.4) is 0 Å². The number of nitrogens with two attached hydrogens (primary N) is 1. The number of carbonyl (C=O) groups excluding carboxylic acids is 1. The Bertz CT molecular complexity index is 404. The largest absolute Gasteiger partial charge is 0.399 e. The Morgan fingerprint density at radius 2 is 1.90 bits per heavy atom. The van der Waals surface area contributed by atoms with Gasteiger partial charge in [-0.1, -0.05) is 26.0 Å². The number of nitrogens with one attached hydrogen (secondary N) is 1. The minimum Gasteiger partial charge on any atom is -0.399 e. The smallest absolute Gasteiger partial charge is 0.230 e. The third-order valence-corrected chi connectivity index (χ3v) is 4.33. The monoisotopic (exact) mass is 309 g/mol. The molecule has 21 heavy (non-hydrogen) atoms. The highest BCUT2D eigenvalue weighted by molar-refractivity contribution is 7.99. The highest BCUT2D eigenvalue weighted by atomic mass is 32.2. The molecule has 0 aliphatic rings. The number of amides is 1. The maximum absolute atomic E-state index is 11.7. The van der Waals surface area contributed by atoms with Crippen LogP contribution in [-0.4, -0.2) is 48.5 Å². The van der Waals surface area contributed by atoms with Gasteiger partial charge in [0.1, 0.15) is 0 Å². The first-order valence-electron chi connectivity index (χ1n) is 7.57. The van der Waals surface area contributed by atoms with Crippen LogP contribution in [0.5, 0.6) is 0 Å². The van der Waals surface area contributed by atoms with Gasteiger partial charge < -0.3 is 16.0 Å². The van der Waals surface area contributed by atoms with Crippen LogP contribution in [0.15, 0.2) is 24.3 Å². The van der Waals surface area contributed by atoms with E-state index in [0.29, 0.717) is 12.3 Å². The predicted octanol–water partition coefficient (Wildman–Crippen LogP) is 2.00. The highest BCUT2D eigenvalue weighted by Crippen LogP contribution is 2.05. The van der Waals surface area contributed by atoms with Gasteiger partial charge in [-0.2, -0.15) is 11.8 Å². The van der Waals surface area contributed by atoms with Crippen molar-refractivity contribution in [1.82, 2.24) is 10.2 Å². The molecule has 3 N–H and O–H groups in total. The van der Waals surface area contributed by atoms with Gasteiger partial charge in [-0.3, -0.25) is 4.79 Å². The van der Waals surface area contributed by atoms with Gasteiger partial charge in [0.25, 0.3) is 0 Å². The van der Waals surface area contributed by atoms with E-state index in [-0.39, 0.29) is 5.91 Å². The van der Waals surface area contributed by atoms with Crippen molar-refractivity contribution < 1.29 is 4.79 Å². The Morgan fingerprint density at radius 1 is 1.24 bits per heavy atom. The van der Waals surface area contributed by atoms with Crippen LogP contribution in [0.2, 0.25) is 0 Å². The Kier molecular flexibility index (Phi) is 8.94. The van der Waals surface area contributed by atoms with E-state index in [0.717, 1.165) is 37.5 Å². The van der Waals surface area contributed by atoms with Crippen molar-refractivity contribution >= 4 is 23.4 Å². The van der Waals surface area contributed by atoms with E-state index < -0.39 is 0 Å². The number of benzene rings is 1. The van der Waals surface area contributed by atoms with Gasteiger partial charge in [-0.25, -0.2) is 0 Å². The summed E-state index contributed by atoms with van der Waals surface area (Å²) in [5.41, 5.74) is 7.60. The zero-order valence-corrected chi connectivity index (χ0v) is 13.9. The number of carbonyl (C=O) groups is 1. The van der Waals surface area contributed by atoms with E-state index >= 15 is 0 Å². The molecule has 0 aromatic heterocycles. The number of thioether (sulfide) groups is 1. The molecule has 0 spiro atoms. The highest BCUT2D eigenvalue weighted by Gasteiger charge is 2.03. The fourth-order valence-electron chi connectivity index (χ4n) is 1.98. The fraction of sp³-hybridized carbons (Fsp3) is 0.562. The van der Waals surface area contributed by atoms with E-state index in [1.807, 2.05) is 24.3 Å². The summed E-state index contributed by atoms with van der Waals surface area (Å²) in [6.07, 6.45) is 0.843. The maximum atomic E-state index is 11.7. The van der Waals surface area contributed by atoms with Crippen LogP contribution >= 0.6 is 11.8 Å². The van der Waals surface area contributed by atoms with Crippen molar-refractivity contribution in [3.05, 3.63) is 29.8 Å². The van der Waals surface area contributed by atoms with E-state index in [2.05, 4.69) is 24.1 Å². The van der Waals surface area contributed by atoms with Crippen molar-refractivity contribution in [2.75, 3.05) is 43.4 Å². The SMILES string of the molecule is CCN(CC)CCSCC(=O)NCCc1ccc(N)cc1. The molecule has 0 heterocycles. The van der Waals surface area contributed by atoms with Crippen molar-refractivity contribution in [3.63, 3.8) is 0 Å². The van der Waals surface area contributed by atoms with Gasteiger partial charge in [-0.05, 0) is 37.2 Å². The van der Waals surface area contributed by atoms with Crippen LogP contribution in [0, 0.1) is 0 Å². The molecular weight excluding hydrogens is 282 g/mol. The van der Waals surface area contributed by atoms with E-state index in [9.17, 15) is 4.79 Å². The number of hydrogen-bond acceptors (Lipinski definition) is 4. The molecule has 0 aliphatic heterocycles. The Hall–Kier alpha value is -1.20. The lowest BCUT2D eigenvalue weighted by Gasteiger charge is -2.17. The average Bonchev–Trinajstić information content (AvgIpc) is 2.49. The van der Waals surface area contributed by atoms with Gasteiger partial charge in [0.15, 0.2) is 0 Å². The zero-order valence-electron chi connectivity index (χ0n) is 13.1. The Morgan fingerprint density at radius 3 is 2.52 bits per heavy atom. The zero-order chi connectivity index (χ0) is 15.5. The summed E-state index contributed by atoms with van der Waals surface area (Å²) < 4.78 is 0. The van der Waals surface area contributed by atoms with Crippen LogP contribution in [0.1, 0.15) is 19.4 Å². The van der Waals surface area contributed by atoms with Gasteiger partial charge in [-0.15, -0.1) is 0 Å². The van der Waals surface area contributed by atoms with E-state index in [1.54, 1.807) is 11.8 Å². The third kappa shape index (κ3) is 7.97. The molecular formula is C16H27N3OS. The molecule has 1 aromatic carbocycles. The molecule has 0 bridgehead atoms. The van der Waals surface area contributed by atoms with Gasteiger partial charge >= 0.3 is 0 Å². The van der Waals surface area contributed by atoms with E-state index in [1.165, 1.54) is 5.56 Å². The summed E-state index contributed by atoms with van der Waals surface area (Å²) >= 11 is 1.70. The second-order valence-electron chi connectivity index (χ2n) is 4.92. The molecule has 0 unspecified atom stereocenters. The summed E-state index contributed by atoms with van der Waals surface area (Å²) in [5, 5.41) is 2.96. The lowest BCUT2D eigenvalue weighted by molar-refractivity contribution is -0.118. The van der Waals surface area contributed by atoms with Crippen molar-refractivity contribution in [3.8, 4) is 0 Å². The first-order valence-corrected chi connectivity index (χ1v) is 8.72. The van der Waals surface area contributed by atoms with Crippen molar-refractivity contribution in [2.24, 2.45) is 0 Å². The summed E-state index contributed by atoms with van der Waals surface area (Å²) in [7, 11) is 0. The quantitative estimate of drug-likeness (QED) is 0.513. The maximum Gasteiger partial charge on any atom is 0.230 e. The van der Waals surface area contributed by atoms with Crippen LogP contribution in [0.4, 0.5) is 5.69 Å². The van der Waals surface area contributed by atoms with Gasteiger partial charge in [0.05, 0.1) is 5.75 Å². The average molecular weight is 309 g/mol. The summed E-state index contributed by atoms with van der Waals surface area (Å²) in [6.45, 7) is 8.21. The molecule has 1 aromatic rings. The number of nitrogens with zero attached hydrogens (tertiary/aromatic N) is 1. The number of rotatable bonds is 10. The molecule has 0 saturated heterocycles. The van der Waals surface area contributed by atoms with Crippen LogP contribution in [-0.2, 0) is 11.2 Å². The molecule has 1 rings (SSSR count). The summed E-state index contributed by atoms with van der Waals surface area (Å²) in [6, 6.07) is 7.78. The Balaban J connectivity index is 2.07. The molecule has 118 valence electrons. The lowest BCUT2D eigenvalue weighted by Crippen LogP contribution is -2.29. The lowest BCUT2D eigenvalue weighted by atomic mass is 10.1. The predicted molar refractivity (Wildman–Crippen MR) is 92.7 cm³/mol. The van der Waals surface area contributed by atoms with Crippen molar-refractivity contribution in [2.45, 2.75) is 20.3 Å². The minimum absolute atomic E-state index is 0.120. The van der Waals surface area contributed by atoms with Gasteiger partial charge in [0.2, 0.25) is 5.91 Å². The molecule has 5 heteroatoms. The Labute approximate surface area is 132 Å². The first kappa shape index (κ1) is 17.9. The van der Waals surface area contributed by atoms with E-state index in [4.69, 9.17) is 5.73 Å². The summed E-state index contributed by atoms with van der Waals surface area (Å²) in [5.74, 6) is 1.67. The molecule has 1 amide bonds. The number of anilines is 1. The third-order valence-electron chi connectivity index (χ3n) is 3.39. The molecule has 0 radical (unpaired) electrons. The molecule has 0 fully saturated rings. The standard InChI is InChI=1S/C16H27N3OS/c1-3-19(4-2)11-12-21-13-16(20)18-10-9-14-5-7-15(17)8-6-14/h5-8H,3-4,9-13,17H2,1-2H3,(H,18,20). The topological polar surface area (TPSA) is 58.4 Å². The molecule has 0 saturated carbocycles. The van der Waals surface area contributed by atoms with Crippen LogP contribution < -0.4 is 11.1 Å². The molecule has 4 nitrogen and oxygen atoms in total. The first-order chi connectivity index (χ1) is 10.2. The second kappa shape index (κ2) is 10.5. The number of hydrogen-bond donors (Lipinski definition) is 2. The fourth-order valence-corrected chi connectivity index (χ4v) is 2.80. The molecule has 0 atom stereocenters. The van der Waals surface area contributed by atoms with Crippen LogP contribution in [0.25, 0.3) is 0 Å².